The van der Waals surface area contributed by atoms with Gasteiger partial charge in [0.25, 0.3) is 11.5 Å². The Balaban J connectivity index is 1.71. The number of pyridine rings is 1. The van der Waals surface area contributed by atoms with Gasteiger partial charge in [0.1, 0.15) is 16.0 Å². The molecule has 2 aromatic heterocycles. The number of amides is 1. The second kappa shape index (κ2) is 12.5. The van der Waals surface area contributed by atoms with Gasteiger partial charge >= 0.3 is 0 Å². The van der Waals surface area contributed by atoms with Crippen molar-refractivity contribution in [3.05, 3.63) is 54.3 Å². The third-order valence-electron chi connectivity index (χ3n) is 5.53. The molecule has 1 saturated heterocycles. The molecule has 0 bridgehead atoms. The number of ether oxygens (including phenoxy) is 1. The number of rotatable bonds is 11. The summed E-state index contributed by atoms with van der Waals surface area (Å²) in [6.45, 7) is 5.99. The van der Waals surface area contributed by atoms with Gasteiger partial charge in [-0.3, -0.25) is 23.9 Å². The zero-order valence-electron chi connectivity index (χ0n) is 20.3. The van der Waals surface area contributed by atoms with Crippen molar-refractivity contribution in [3.8, 4) is 11.9 Å². The van der Waals surface area contributed by atoms with Crippen molar-refractivity contribution in [2.45, 2.75) is 52.7 Å². The molecule has 0 spiro atoms. The highest BCUT2D eigenvalue weighted by atomic mass is 32.2. The van der Waals surface area contributed by atoms with Crippen molar-refractivity contribution >= 4 is 57.4 Å². The fourth-order valence-electron chi connectivity index (χ4n) is 3.75. The van der Waals surface area contributed by atoms with Crippen molar-refractivity contribution in [3.63, 3.8) is 0 Å². The van der Waals surface area contributed by atoms with Gasteiger partial charge in [0.2, 0.25) is 5.88 Å². The highest BCUT2D eigenvalue weighted by Crippen LogP contribution is 2.33. The number of nitriles is 1. The Bertz CT molecular complexity index is 1290. The van der Waals surface area contributed by atoms with E-state index in [1.54, 1.807) is 6.08 Å². The number of thioether (sulfide) groups is 1. The van der Waals surface area contributed by atoms with Crippen molar-refractivity contribution in [1.82, 2.24) is 9.47 Å². The molecule has 0 atom stereocenters. The first-order valence-electron chi connectivity index (χ1n) is 11.5. The first-order chi connectivity index (χ1) is 17.1. The van der Waals surface area contributed by atoms with E-state index in [-0.39, 0.29) is 48.2 Å². The molecule has 1 N–H and O–H groups in total. The SMILES string of the molecule is Cc1c(C(=O)CCCN2C(=O)/C(=C/c3cccs3)SC2=S)c(O)n(CCCOC(C)C)c(=O)c1C#N. The van der Waals surface area contributed by atoms with Crippen LogP contribution in [0.15, 0.2) is 27.2 Å². The van der Waals surface area contributed by atoms with E-state index < -0.39 is 17.2 Å². The molecule has 3 heterocycles. The summed E-state index contributed by atoms with van der Waals surface area (Å²) in [7, 11) is 0. The lowest BCUT2D eigenvalue weighted by Crippen LogP contribution is -2.30. The molecule has 1 aliphatic rings. The minimum Gasteiger partial charge on any atom is -0.494 e. The number of thiocarbonyl (C=S) groups is 1. The summed E-state index contributed by atoms with van der Waals surface area (Å²) in [5.41, 5.74) is -0.691. The van der Waals surface area contributed by atoms with E-state index in [1.807, 2.05) is 37.4 Å². The van der Waals surface area contributed by atoms with E-state index in [9.17, 15) is 24.8 Å². The van der Waals surface area contributed by atoms with Gasteiger partial charge in [0.05, 0.1) is 16.6 Å². The summed E-state index contributed by atoms with van der Waals surface area (Å²) in [6, 6.07) is 5.68. The first-order valence-corrected chi connectivity index (χ1v) is 13.6. The van der Waals surface area contributed by atoms with Crippen LogP contribution in [0, 0.1) is 18.3 Å². The number of ketones is 1. The third kappa shape index (κ3) is 6.31. The monoisotopic (exact) mass is 545 g/mol. The fraction of sp³-hybridized carbons (Fsp3) is 0.400. The third-order valence-corrected chi connectivity index (χ3v) is 7.73. The number of thiophene rings is 1. The van der Waals surface area contributed by atoms with Gasteiger partial charge in [0.15, 0.2) is 5.78 Å². The molecule has 1 fully saturated rings. The second-order valence-electron chi connectivity index (χ2n) is 8.42. The molecule has 8 nitrogen and oxygen atoms in total. The number of carbonyl (C=O) groups is 2. The first kappa shape index (κ1) is 27.8. The van der Waals surface area contributed by atoms with Crippen LogP contribution >= 0.6 is 35.3 Å². The largest absolute Gasteiger partial charge is 0.494 e. The molecule has 11 heteroatoms. The lowest BCUT2D eigenvalue weighted by molar-refractivity contribution is -0.122. The van der Waals surface area contributed by atoms with Gasteiger partial charge < -0.3 is 9.84 Å². The number of carbonyl (C=O) groups excluding carboxylic acids is 2. The van der Waals surface area contributed by atoms with Crippen LogP contribution in [-0.2, 0) is 16.1 Å². The zero-order valence-corrected chi connectivity index (χ0v) is 22.7. The standard InChI is InChI=1S/C25H27N3O5S3/c1-15(2)33-11-6-10-27-22(30)18(14-26)16(3)21(24(27)32)19(29)8-4-9-28-23(31)20(36-25(28)34)13-17-7-5-12-35-17/h5,7,12-13,15,32H,4,6,8-11H2,1-3H3/b20-13-. The Morgan fingerprint density at radius 1 is 1.31 bits per heavy atom. The number of hydrogen-bond acceptors (Lipinski definition) is 9. The fourth-order valence-corrected chi connectivity index (χ4v) is 5.78. The molecule has 0 saturated carbocycles. The van der Waals surface area contributed by atoms with E-state index >= 15 is 0 Å². The van der Waals surface area contributed by atoms with E-state index in [0.29, 0.717) is 28.7 Å². The normalized spacial score (nSPS) is 14.8. The van der Waals surface area contributed by atoms with E-state index in [2.05, 4.69) is 0 Å². The van der Waals surface area contributed by atoms with Crippen LogP contribution in [0.3, 0.4) is 0 Å². The zero-order chi connectivity index (χ0) is 26.4. The lowest BCUT2D eigenvalue weighted by atomic mass is 9.99. The molecular weight excluding hydrogens is 518 g/mol. The summed E-state index contributed by atoms with van der Waals surface area (Å²) in [6.07, 6.45) is 2.57. The maximum absolute atomic E-state index is 13.1. The summed E-state index contributed by atoms with van der Waals surface area (Å²) in [5.74, 6) is -1.06. The number of aromatic nitrogens is 1. The van der Waals surface area contributed by atoms with Gasteiger partial charge in [-0.25, -0.2) is 0 Å². The Morgan fingerprint density at radius 3 is 2.69 bits per heavy atom. The van der Waals surface area contributed by atoms with E-state index in [4.69, 9.17) is 17.0 Å². The highest BCUT2D eigenvalue weighted by Gasteiger charge is 2.32. The van der Waals surface area contributed by atoms with Gasteiger partial charge in [-0.2, -0.15) is 5.26 Å². The Hall–Kier alpha value is -2.78. The predicted octanol–water partition coefficient (Wildman–Crippen LogP) is 4.47. The number of hydrogen-bond donors (Lipinski definition) is 1. The van der Waals surface area contributed by atoms with Crippen LogP contribution in [0.2, 0.25) is 0 Å². The minimum atomic E-state index is -0.635. The van der Waals surface area contributed by atoms with Gasteiger partial charge in [-0.15, -0.1) is 11.3 Å². The average molecular weight is 546 g/mol. The van der Waals surface area contributed by atoms with E-state index in [0.717, 1.165) is 9.44 Å². The summed E-state index contributed by atoms with van der Waals surface area (Å²) < 4.78 is 6.96. The Kier molecular flexibility index (Phi) is 9.62. The van der Waals surface area contributed by atoms with Gasteiger partial charge in [-0.05, 0) is 56.7 Å². The molecule has 1 aliphatic heterocycles. The number of Topliss-reactive ketones (excluding diaryl/α,β-unsaturated/α-hetero) is 1. The van der Waals surface area contributed by atoms with Crippen LogP contribution < -0.4 is 5.56 Å². The van der Waals surface area contributed by atoms with Crippen LogP contribution in [0.1, 0.15) is 59.5 Å². The second-order valence-corrected chi connectivity index (χ2v) is 11.1. The van der Waals surface area contributed by atoms with Crippen LogP contribution in [-0.4, -0.2) is 49.8 Å². The lowest BCUT2D eigenvalue weighted by Gasteiger charge is -2.17. The van der Waals surface area contributed by atoms with Crippen LogP contribution in [0.5, 0.6) is 5.88 Å². The quantitative estimate of drug-likeness (QED) is 0.190. The molecular formula is C25H27N3O5S3. The molecule has 0 radical (unpaired) electrons. The van der Waals surface area contributed by atoms with E-state index in [1.165, 1.54) is 34.9 Å². The Morgan fingerprint density at radius 2 is 2.06 bits per heavy atom. The average Bonchev–Trinajstić information content (AvgIpc) is 3.42. The molecule has 190 valence electrons. The van der Waals surface area contributed by atoms with Gasteiger partial charge in [-0.1, -0.05) is 30.0 Å². The maximum atomic E-state index is 13.1. The minimum absolute atomic E-state index is 0.00889. The van der Waals surface area contributed by atoms with Crippen molar-refractivity contribution in [1.29, 1.82) is 5.26 Å². The van der Waals surface area contributed by atoms with Crippen molar-refractivity contribution < 1.29 is 19.4 Å². The molecule has 2 aromatic rings. The molecule has 0 aromatic carbocycles. The number of aromatic hydroxyl groups is 1. The predicted molar refractivity (Wildman–Crippen MR) is 145 cm³/mol. The molecule has 0 aliphatic carbocycles. The summed E-state index contributed by atoms with van der Waals surface area (Å²) in [4.78, 5) is 41.5. The summed E-state index contributed by atoms with van der Waals surface area (Å²) in [5, 5.41) is 22.2. The van der Waals surface area contributed by atoms with Crippen LogP contribution in [0.25, 0.3) is 6.08 Å². The topological polar surface area (TPSA) is 113 Å². The molecule has 1 amide bonds. The molecule has 3 rings (SSSR count). The Labute approximate surface area is 223 Å². The highest BCUT2D eigenvalue weighted by molar-refractivity contribution is 8.26. The molecule has 36 heavy (non-hydrogen) atoms. The van der Waals surface area contributed by atoms with Crippen molar-refractivity contribution in [2.75, 3.05) is 13.2 Å². The maximum Gasteiger partial charge on any atom is 0.271 e. The smallest absolute Gasteiger partial charge is 0.271 e. The van der Waals surface area contributed by atoms with Crippen molar-refractivity contribution in [2.24, 2.45) is 0 Å². The van der Waals surface area contributed by atoms with Gasteiger partial charge in [0, 0.05) is 31.0 Å². The number of nitrogens with zero attached hydrogens (tertiary/aromatic N) is 3. The molecule has 0 unspecified atom stereocenters. The van der Waals surface area contributed by atoms with Crippen LogP contribution in [0.4, 0.5) is 0 Å². The summed E-state index contributed by atoms with van der Waals surface area (Å²) >= 11 is 8.10.